The van der Waals surface area contributed by atoms with Crippen LogP contribution in [0.25, 0.3) is 0 Å². The number of rotatable bonds is 5. The molecule has 100 valence electrons. The summed E-state index contributed by atoms with van der Waals surface area (Å²) in [6, 6.07) is 0. The van der Waals surface area contributed by atoms with Crippen LogP contribution in [0.4, 0.5) is 0 Å². The molecule has 1 aromatic heterocycles. The molecule has 1 saturated carbocycles. The lowest BCUT2D eigenvalue weighted by Crippen LogP contribution is -2.36. The first-order valence-corrected chi connectivity index (χ1v) is 7.34. The van der Waals surface area contributed by atoms with Gasteiger partial charge in [0.1, 0.15) is 0 Å². The molecular formula is C12H20N4OS. The first-order chi connectivity index (χ1) is 8.63. The summed E-state index contributed by atoms with van der Waals surface area (Å²) < 4.78 is 1.70. The fraction of sp³-hybridized carbons (Fsp3) is 0.750. The minimum Gasteiger partial charge on any atom is -0.389 e. The Morgan fingerprint density at radius 2 is 2.28 bits per heavy atom. The summed E-state index contributed by atoms with van der Waals surface area (Å²) in [7, 11) is 0. The van der Waals surface area contributed by atoms with Crippen LogP contribution in [0.1, 0.15) is 32.6 Å². The SMILES string of the molecule is C=CCn1nnnc1SCC1(O)CCC(C)CC1. The van der Waals surface area contributed by atoms with Gasteiger partial charge in [-0.25, -0.2) is 4.68 Å². The molecule has 18 heavy (non-hydrogen) atoms. The molecule has 0 radical (unpaired) electrons. The van der Waals surface area contributed by atoms with Gasteiger partial charge in [0, 0.05) is 5.75 Å². The van der Waals surface area contributed by atoms with Crippen LogP contribution < -0.4 is 0 Å². The molecule has 1 aliphatic rings. The second-order valence-electron chi connectivity index (χ2n) is 5.13. The number of hydrogen-bond donors (Lipinski definition) is 1. The Labute approximate surface area is 112 Å². The Bertz CT molecular complexity index is 399. The number of allylic oxidation sites excluding steroid dienone is 1. The van der Waals surface area contributed by atoms with Crippen LogP contribution in [0.2, 0.25) is 0 Å². The van der Waals surface area contributed by atoms with Crippen molar-refractivity contribution < 1.29 is 5.11 Å². The Morgan fingerprint density at radius 3 is 2.94 bits per heavy atom. The van der Waals surface area contributed by atoms with Crippen molar-refractivity contribution in [1.82, 2.24) is 20.2 Å². The van der Waals surface area contributed by atoms with E-state index in [0.29, 0.717) is 12.3 Å². The third-order valence-corrected chi connectivity index (χ3v) is 4.71. The van der Waals surface area contributed by atoms with E-state index in [1.807, 2.05) is 0 Å². The number of hydrogen-bond acceptors (Lipinski definition) is 5. The Hall–Kier alpha value is -0.880. The zero-order valence-corrected chi connectivity index (χ0v) is 11.6. The Balaban J connectivity index is 1.90. The predicted molar refractivity (Wildman–Crippen MR) is 71.3 cm³/mol. The number of aromatic nitrogens is 4. The van der Waals surface area contributed by atoms with Crippen molar-refractivity contribution >= 4 is 11.8 Å². The van der Waals surface area contributed by atoms with Crippen LogP contribution in [0.5, 0.6) is 0 Å². The van der Waals surface area contributed by atoms with E-state index in [1.54, 1.807) is 10.8 Å². The van der Waals surface area contributed by atoms with Gasteiger partial charge in [0.2, 0.25) is 5.16 Å². The van der Waals surface area contributed by atoms with E-state index in [4.69, 9.17) is 0 Å². The Kier molecular flexibility index (Phi) is 4.40. The van der Waals surface area contributed by atoms with E-state index in [2.05, 4.69) is 29.0 Å². The van der Waals surface area contributed by atoms with Crippen molar-refractivity contribution in [1.29, 1.82) is 0 Å². The monoisotopic (exact) mass is 268 g/mol. The summed E-state index contributed by atoms with van der Waals surface area (Å²) in [5, 5.41) is 22.8. The van der Waals surface area contributed by atoms with E-state index in [-0.39, 0.29) is 0 Å². The molecule has 0 atom stereocenters. The molecule has 0 aliphatic heterocycles. The van der Waals surface area contributed by atoms with Gasteiger partial charge < -0.3 is 5.11 Å². The quantitative estimate of drug-likeness (QED) is 0.652. The third kappa shape index (κ3) is 3.32. The van der Waals surface area contributed by atoms with Crippen molar-refractivity contribution in [2.75, 3.05) is 5.75 Å². The molecule has 6 heteroatoms. The molecule has 2 rings (SSSR count). The summed E-state index contributed by atoms with van der Waals surface area (Å²) in [4.78, 5) is 0. The fourth-order valence-corrected chi connectivity index (χ4v) is 3.22. The van der Waals surface area contributed by atoms with E-state index in [9.17, 15) is 5.11 Å². The minimum atomic E-state index is -0.553. The number of nitrogens with zero attached hydrogens (tertiary/aromatic N) is 4. The van der Waals surface area contributed by atoms with Crippen LogP contribution in [0, 0.1) is 5.92 Å². The van der Waals surface area contributed by atoms with E-state index >= 15 is 0 Å². The van der Waals surface area contributed by atoms with Crippen LogP contribution in [0.3, 0.4) is 0 Å². The van der Waals surface area contributed by atoms with Crippen LogP contribution in [0.15, 0.2) is 17.8 Å². The highest BCUT2D eigenvalue weighted by molar-refractivity contribution is 7.99. The van der Waals surface area contributed by atoms with Crippen LogP contribution in [-0.4, -0.2) is 36.7 Å². The summed E-state index contributed by atoms with van der Waals surface area (Å²) in [6.07, 6.45) is 5.73. The average Bonchev–Trinajstić information content (AvgIpc) is 2.79. The normalized spacial score (nSPS) is 28.2. The van der Waals surface area contributed by atoms with E-state index < -0.39 is 5.60 Å². The molecule has 0 spiro atoms. The maximum Gasteiger partial charge on any atom is 0.209 e. The van der Waals surface area contributed by atoms with Crippen molar-refractivity contribution in [3.63, 3.8) is 0 Å². The Morgan fingerprint density at radius 1 is 1.56 bits per heavy atom. The average molecular weight is 268 g/mol. The maximum absolute atomic E-state index is 10.5. The van der Waals surface area contributed by atoms with Crippen LogP contribution >= 0.6 is 11.8 Å². The van der Waals surface area contributed by atoms with Gasteiger partial charge in [-0.05, 0) is 42.0 Å². The second-order valence-corrected chi connectivity index (χ2v) is 6.07. The zero-order chi connectivity index (χ0) is 13.0. The molecule has 0 unspecified atom stereocenters. The van der Waals surface area contributed by atoms with Crippen molar-refractivity contribution in [2.45, 2.75) is 49.9 Å². The van der Waals surface area contributed by atoms with Gasteiger partial charge in [-0.15, -0.1) is 11.7 Å². The summed E-state index contributed by atoms with van der Waals surface area (Å²) in [5.41, 5.74) is -0.553. The molecule has 1 aliphatic carbocycles. The maximum atomic E-state index is 10.5. The van der Waals surface area contributed by atoms with Gasteiger partial charge in [-0.3, -0.25) is 0 Å². The highest BCUT2D eigenvalue weighted by Gasteiger charge is 2.32. The van der Waals surface area contributed by atoms with Crippen molar-refractivity contribution in [3.05, 3.63) is 12.7 Å². The summed E-state index contributed by atoms with van der Waals surface area (Å²) in [6.45, 7) is 6.52. The topological polar surface area (TPSA) is 63.8 Å². The van der Waals surface area contributed by atoms with Crippen molar-refractivity contribution in [2.24, 2.45) is 5.92 Å². The number of aliphatic hydroxyl groups is 1. The van der Waals surface area contributed by atoms with E-state index in [1.165, 1.54) is 11.8 Å². The second kappa shape index (κ2) is 5.84. The lowest BCUT2D eigenvalue weighted by molar-refractivity contribution is 0.0149. The molecule has 5 nitrogen and oxygen atoms in total. The third-order valence-electron chi connectivity index (χ3n) is 3.48. The first kappa shape index (κ1) is 13.5. The van der Waals surface area contributed by atoms with Crippen molar-refractivity contribution in [3.8, 4) is 0 Å². The first-order valence-electron chi connectivity index (χ1n) is 6.35. The molecule has 1 heterocycles. The number of tetrazole rings is 1. The van der Waals surface area contributed by atoms with E-state index in [0.717, 1.165) is 36.8 Å². The summed E-state index contributed by atoms with van der Waals surface area (Å²) in [5.74, 6) is 1.40. The van der Waals surface area contributed by atoms with Gasteiger partial charge >= 0.3 is 0 Å². The molecule has 0 bridgehead atoms. The van der Waals surface area contributed by atoms with Gasteiger partial charge in [-0.2, -0.15) is 0 Å². The van der Waals surface area contributed by atoms with Gasteiger partial charge in [0.05, 0.1) is 12.1 Å². The molecule has 1 fully saturated rings. The molecule has 0 aromatic carbocycles. The molecule has 0 saturated heterocycles. The van der Waals surface area contributed by atoms with Gasteiger partial charge in [0.25, 0.3) is 0 Å². The minimum absolute atomic E-state index is 0.553. The van der Waals surface area contributed by atoms with Crippen LogP contribution in [-0.2, 0) is 6.54 Å². The zero-order valence-electron chi connectivity index (χ0n) is 10.7. The predicted octanol–water partition coefficient (Wildman–Crippen LogP) is 1.89. The lowest BCUT2D eigenvalue weighted by Gasteiger charge is -2.34. The standard InChI is InChI=1S/C12H20N4OS/c1-3-8-16-11(13-14-15-16)18-9-12(17)6-4-10(2)5-7-12/h3,10,17H,1,4-9H2,2H3. The fourth-order valence-electron chi connectivity index (χ4n) is 2.18. The summed E-state index contributed by atoms with van der Waals surface area (Å²) >= 11 is 1.53. The lowest BCUT2D eigenvalue weighted by atomic mass is 9.81. The molecule has 0 amide bonds. The number of thioether (sulfide) groups is 1. The highest BCUT2D eigenvalue weighted by Crippen LogP contribution is 2.35. The highest BCUT2D eigenvalue weighted by atomic mass is 32.2. The molecular weight excluding hydrogens is 248 g/mol. The van der Waals surface area contributed by atoms with Gasteiger partial charge in [-0.1, -0.05) is 24.8 Å². The van der Waals surface area contributed by atoms with Gasteiger partial charge in [0.15, 0.2) is 0 Å². The molecule has 1 N–H and O–H groups in total. The molecule has 1 aromatic rings. The smallest absolute Gasteiger partial charge is 0.209 e. The largest absolute Gasteiger partial charge is 0.389 e.